The lowest BCUT2D eigenvalue weighted by atomic mass is 10.2. The van der Waals surface area contributed by atoms with Crippen LogP contribution in [0.5, 0.6) is 0 Å². The molecule has 1 atom stereocenters. The molecule has 6 nitrogen and oxygen atoms in total. The van der Waals surface area contributed by atoms with Crippen LogP contribution in [0, 0.1) is 0 Å². The first-order valence-corrected chi connectivity index (χ1v) is 6.92. The van der Waals surface area contributed by atoms with Crippen LogP contribution in [-0.2, 0) is 9.53 Å². The van der Waals surface area contributed by atoms with Crippen LogP contribution in [0.4, 0.5) is 0 Å². The largest absolute Gasteiger partial charge is 0.451 e. The molecule has 2 heterocycles. The van der Waals surface area contributed by atoms with Gasteiger partial charge in [0.05, 0.1) is 0 Å². The monoisotopic (exact) mass is 308 g/mol. The number of rotatable bonds is 2. The Bertz CT molecular complexity index is 691. The second-order valence-corrected chi connectivity index (χ2v) is 5.17. The van der Waals surface area contributed by atoms with Gasteiger partial charge in [-0.3, -0.25) is 20.4 Å². The van der Waals surface area contributed by atoms with Gasteiger partial charge < -0.3 is 9.15 Å². The highest BCUT2D eigenvalue weighted by Crippen LogP contribution is 2.22. The second kappa shape index (κ2) is 5.75. The van der Waals surface area contributed by atoms with Crippen LogP contribution >= 0.6 is 11.6 Å². The SMILES string of the molecule is O=C(NNC(=O)C1CCCO1)c1cc2cc(Cl)ccc2o1. The molecule has 1 aromatic carbocycles. The summed E-state index contributed by atoms with van der Waals surface area (Å²) in [7, 11) is 0. The van der Waals surface area contributed by atoms with Crippen molar-refractivity contribution < 1.29 is 18.7 Å². The van der Waals surface area contributed by atoms with Crippen LogP contribution < -0.4 is 10.9 Å². The quantitative estimate of drug-likeness (QED) is 0.832. The van der Waals surface area contributed by atoms with E-state index in [1.165, 1.54) is 0 Å². The fraction of sp³-hybridized carbons (Fsp3) is 0.286. The van der Waals surface area contributed by atoms with E-state index in [0.29, 0.717) is 23.6 Å². The Labute approximate surface area is 125 Å². The molecule has 0 saturated carbocycles. The minimum atomic E-state index is -0.534. The van der Waals surface area contributed by atoms with Gasteiger partial charge in [-0.1, -0.05) is 11.6 Å². The molecule has 0 radical (unpaired) electrons. The first kappa shape index (κ1) is 13.9. The van der Waals surface area contributed by atoms with Gasteiger partial charge >= 0.3 is 5.91 Å². The third-order valence-corrected chi connectivity index (χ3v) is 3.46. The van der Waals surface area contributed by atoms with Gasteiger partial charge in [-0.25, -0.2) is 0 Å². The van der Waals surface area contributed by atoms with E-state index in [0.717, 1.165) is 11.8 Å². The lowest BCUT2D eigenvalue weighted by molar-refractivity contribution is -0.130. The summed E-state index contributed by atoms with van der Waals surface area (Å²) in [6, 6.07) is 6.62. The Kier molecular flexibility index (Phi) is 3.81. The zero-order valence-corrected chi connectivity index (χ0v) is 11.8. The van der Waals surface area contributed by atoms with Crippen LogP contribution in [-0.4, -0.2) is 24.5 Å². The Hall–Kier alpha value is -2.05. The molecule has 0 spiro atoms. The maximum atomic E-state index is 11.9. The predicted octanol–water partition coefficient (Wildman–Crippen LogP) is 2.03. The van der Waals surface area contributed by atoms with E-state index in [-0.39, 0.29) is 11.7 Å². The predicted molar refractivity (Wildman–Crippen MR) is 75.8 cm³/mol. The number of nitrogens with one attached hydrogen (secondary N) is 2. The number of carbonyl (C=O) groups excluding carboxylic acids is 2. The van der Waals surface area contributed by atoms with Gasteiger partial charge in [0.2, 0.25) is 0 Å². The Morgan fingerprint density at radius 3 is 2.86 bits per heavy atom. The molecule has 0 aliphatic carbocycles. The first-order chi connectivity index (χ1) is 10.1. The molecule has 2 amide bonds. The summed E-state index contributed by atoms with van der Waals surface area (Å²) in [5.41, 5.74) is 5.19. The Morgan fingerprint density at radius 1 is 1.24 bits per heavy atom. The van der Waals surface area contributed by atoms with Gasteiger partial charge in [0.25, 0.3) is 5.91 Å². The van der Waals surface area contributed by atoms with Crippen molar-refractivity contribution in [2.45, 2.75) is 18.9 Å². The number of amides is 2. The Morgan fingerprint density at radius 2 is 2.10 bits per heavy atom. The van der Waals surface area contributed by atoms with Crippen molar-refractivity contribution in [3.63, 3.8) is 0 Å². The average Bonchev–Trinajstić information content (AvgIpc) is 3.12. The fourth-order valence-corrected chi connectivity index (χ4v) is 2.35. The number of ether oxygens (including phenoxy) is 1. The Balaban J connectivity index is 1.65. The molecule has 7 heteroatoms. The van der Waals surface area contributed by atoms with E-state index in [1.54, 1.807) is 24.3 Å². The molecule has 1 unspecified atom stereocenters. The van der Waals surface area contributed by atoms with Crippen molar-refractivity contribution in [2.75, 3.05) is 6.61 Å². The molecular formula is C14H13ClN2O4. The summed E-state index contributed by atoms with van der Waals surface area (Å²) < 4.78 is 10.6. The van der Waals surface area contributed by atoms with Crippen LogP contribution in [0.1, 0.15) is 23.4 Å². The molecule has 1 fully saturated rings. The summed E-state index contributed by atoms with van der Waals surface area (Å²) >= 11 is 5.87. The van der Waals surface area contributed by atoms with Gasteiger partial charge in [-0.15, -0.1) is 0 Å². The molecule has 0 bridgehead atoms. The van der Waals surface area contributed by atoms with Gasteiger partial charge in [0.1, 0.15) is 11.7 Å². The molecule has 1 aliphatic heterocycles. The van der Waals surface area contributed by atoms with E-state index in [4.69, 9.17) is 20.8 Å². The van der Waals surface area contributed by atoms with E-state index in [9.17, 15) is 9.59 Å². The van der Waals surface area contributed by atoms with Crippen LogP contribution in [0.2, 0.25) is 5.02 Å². The summed E-state index contributed by atoms with van der Waals surface area (Å²) in [5.74, 6) is -0.798. The lowest BCUT2D eigenvalue weighted by Gasteiger charge is -2.10. The van der Waals surface area contributed by atoms with E-state index >= 15 is 0 Å². The summed E-state index contributed by atoms with van der Waals surface area (Å²) in [5, 5.41) is 1.28. The third kappa shape index (κ3) is 3.01. The summed E-state index contributed by atoms with van der Waals surface area (Å²) in [6.45, 7) is 0.566. The topological polar surface area (TPSA) is 80.6 Å². The maximum Gasteiger partial charge on any atom is 0.305 e. The zero-order chi connectivity index (χ0) is 14.8. The molecule has 2 aromatic rings. The fourth-order valence-electron chi connectivity index (χ4n) is 2.17. The minimum Gasteiger partial charge on any atom is -0.451 e. The van der Waals surface area contributed by atoms with Crippen LogP contribution in [0.25, 0.3) is 11.0 Å². The minimum absolute atomic E-state index is 0.0971. The maximum absolute atomic E-state index is 11.9. The number of carbonyl (C=O) groups is 2. The molecule has 1 aromatic heterocycles. The molecular weight excluding hydrogens is 296 g/mol. The molecule has 3 rings (SSSR count). The highest BCUT2D eigenvalue weighted by atomic mass is 35.5. The number of hydrogen-bond acceptors (Lipinski definition) is 4. The molecule has 1 aliphatic rings. The highest BCUT2D eigenvalue weighted by Gasteiger charge is 2.24. The van der Waals surface area contributed by atoms with Crippen molar-refractivity contribution in [3.05, 3.63) is 35.0 Å². The zero-order valence-electron chi connectivity index (χ0n) is 11.0. The summed E-state index contributed by atoms with van der Waals surface area (Å²) in [6.07, 6.45) is 1.00. The van der Waals surface area contributed by atoms with Gasteiger partial charge in [-0.05, 0) is 37.1 Å². The highest BCUT2D eigenvalue weighted by molar-refractivity contribution is 6.31. The standard InChI is InChI=1S/C14H13ClN2O4/c15-9-3-4-10-8(6-9)7-12(21-10)14(19)17-16-13(18)11-2-1-5-20-11/h3-4,6-7,11H,1-2,5H2,(H,16,18)(H,17,19). The van der Waals surface area contributed by atoms with Crippen molar-refractivity contribution in [1.29, 1.82) is 0 Å². The smallest absolute Gasteiger partial charge is 0.305 e. The van der Waals surface area contributed by atoms with Crippen molar-refractivity contribution >= 4 is 34.4 Å². The van der Waals surface area contributed by atoms with Crippen molar-refractivity contribution in [3.8, 4) is 0 Å². The average molecular weight is 309 g/mol. The van der Waals surface area contributed by atoms with E-state index in [1.807, 2.05) is 0 Å². The number of hydrogen-bond donors (Lipinski definition) is 2. The molecule has 2 N–H and O–H groups in total. The van der Waals surface area contributed by atoms with E-state index < -0.39 is 12.0 Å². The number of fused-ring (bicyclic) bond motifs is 1. The number of halogens is 1. The number of hydrazine groups is 1. The second-order valence-electron chi connectivity index (χ2n) is 4.74. The van der Waals surface area contributed by atoms with Gasteiger partial charge in [-0.2, -0.15) is 0 Å². The normalized spacial score (nSPS) is 17.9. The number of benzene rings is 1. The lowest BCUT2D eigenvalue weighted by Crippen LogP contribution is -2.46. The third-order valence-electron chi connectivity index (χ3n) is 3.22. The van der Waals surface area contributed by atoms with Crippen LogP contribution in [0.15, 0.2) is 28.7 Å². The van der Waals surface area contributed by atoms with Gasteiger partial charge in [0.15, 0.2) is 5.76 Å². The number of furan rings is 1. The molecule has 21 heavy (non-hydrogen) atoms. The van der Waals surface area contributed by atoms with Gasteiger partial charge in [0, 0.05) is 17.0 Å². The van der Waals surface area contributed by atoms with Crippen molar-refractivity contribution in [1.82, 2.24) is 10.9 Å². The molecule has 1 saturated heterocycles. The van der Waals surface area contributed by atoms with E-state index in [2.05, 4.69) is 10.9 Å². The first-order valence-electron chi connectivity index (χ1n) is 6.54. The summed E-state index contributed by atoms with van der Waals surface area (Å²) in [4.78, 5) is 23.6. The van der Waals surface area contributed by atoms with Crippen molar-refractivity contribution in [2.24, 2.45) is 0 Å². The van der Waals surface area contributed by atoms with Crippen LogP contribution in [0.3, 0.4) is 0 Å². The molecule has 110 valence electrons.